The zero-order chi connectivity index (χ0) is 39.1. The first kappa shape index (κ1) is 38.0. The molecule has 18 heteroatoms. The van der Waals surface area contributed by atoms with Gasteiger partial charge in [-0.15, -0.1) is 0 Å². The number of aliphatic hydroxyl groups is 1. The van der Waals surface area contributed by atoms with Crippen LogP contribution in [-0.4, -0.2) is 55.8 Å². The van der Waals surface area contributed by atoms with Crippen molar-refractivity contribution in [1.29, 1.82) is 0 Å². The van der Waals surface area contributed by atoms with Gasteiger partial charge in [-0.3, -0.25) is 18.9 Å². The molecule has 282 valence electrons. The van der Waals surface area contributed by atoms with E-state index in [2.05, 4.69) is 32.1 Å². The van der Waals surface area contributed by atoms with Crippen molar-refractivity contribution in [3.05, 3.63) is 91.0 Å². The minimum absolute atomic E-state index is 0.0417. The zero-order valence-electron chi connectivity index (χ0n) is 29.0. The monoisotopic (exact) mass is 895 g/mol. The highest BCUT2D eigenvalue weighted by atomic mass is 127. The summed E-state index contributed by atoms with van der Waals surface area (Å²) >= 11 is 8.49. The average molecular weight is 896 g/mol. The predicted molar refractivity (Wildman–Crippen MR) is 201 cm³/mol. The molecule has 0 bridgehead atoms. The van der Waals surface area contributed by atoms with Crippen LogP contribution in [0, 0.1) is 33.1 Å². The van der Waals surface area contributed by atoms with E-state index in [1.807, 2.05) is 22.6 Å². The number of aromatic nitrogens is 5. The number of rotatable bonds is 9. The molecule has 54 heavy (non-hydrogen) atoms. The summed E-state index contributed by atoms with van der Waals surface area (Å²) in [5.41, 5.74) is 0.349. The number of fused-ring (bicyclic) bond motifs is 4. The van der Waals surface area contributed by atoms with Crippen molar-refractivity contribution in [1.82, 2.24) is 29.9 Å². The van der Waals surface area contributed by atoms with E-state index in [0.717, 1.165) is 23.1 Å². The summed E-state index contributed by atoms with van der Waals surface area (Å²) in [6.07, 6.45) is 1.09. The number of carbonyl (C=O) groups excluding carboxylic acids is 1. The third-order valence-corrected chi connectivity index (χ3v) is 10.8. The Morgan fingerprint density at radius 2 is 1.83 bits per heavy atom. The number of amides is 1. The lowest BCUT2D eigenvalue weighted by Gasteiger charge is -2.23. The number of sulfonamides is 1. The summed E-state index contributed by atoms with van der Waals surface area (Å²) in [4.78, 5) is 18.7. The number of hydrogen-bond donors (Lipinski definition) is 3. The van der Waals surface area contributed by atoms with Crippen LogP contribution in [0.2, 0.25) is 5.02 Å². The summed E-state index contributed by atoms with van der Waals surface area (Å²) in [6.45, 7) is 2.37. The molecule has 0 spiro atoms. The van der Waals surface area contributed by atoms with Gasteiger partial charge in [-0.25, -0.2) is 22.2 Å². The van der Waals surface area contributed by atoms with Crippen molar-refractivity contribution >= 4 is 66.8 Å². The SMILES string of the molecule is Cn1nc(NS(C)(=O)=O)c2c(Cl)ccc(-c3ccc(C#CC(C)(C)O)nc3[C@H](Cc3cc(F)cc(F)c3)NC(=O)Cn3nc(I)c4c3C(F)(F)[C@@H]3C[C@H]43)c21. The lowest BCUT2D eigenvalue weighted by atomic mass is 9.93. The molecule has 3 heterocycles. The molecular weight excluding hydrogens is 865 g/mol. The topological polar surface area (TPSA) is 144 Å². The van der Waals surface area contributed by atoms with E-state index in [1.54, 1.807) is 25.2 Å². The second-order valence-corrected chi connectivity index (χ2v) is 17.2. The smallest absolute Gasteiger partial charge is 0.293 e. The highest BCUT2D eigenvalue weighted by Gasteiger charge is 2.66. The molecule has 0 radical (unpaired) electrons. The maximum Gasteiger partial charge on any atom is 0.293 e. The van der Waals surface area contributed by atoms with E-state index in [1.165, 1.54) is 24.6 Å². The molecule has 0 unspecified atom stereocenters. The van der Waals surface area contributed by atoms with Crippen LogP contribution in [-0.2, 0) is 40.8 Å². The molecule has 2 aliphatic rings. The lowest BCUT2D eigenvalue weighted by Crippen LogP contribution is -2.35. The second kappa shape index (κ2) is 13.5. The van der Waals surface area contributed by atoms with Gasteiger partial charge in [-0.2, -0.15) is 19.0 Å². The fourth-order valence-electron chi connectivity index (χ4n) is 6.99. The van der Waals surface area contributed by atoms with Crippen LogP contribution in [0.1, 0.15) is 60.4 Å². The van der Waals surface area contributed by atoms with Gasteiger partial charge in [-0.1, -0.05) is 23.6 Å². The number of aryl methyl sites for hydroxylation is 1. The number of nitrogens with zero attached hydrogens (tertiary/aromatic N) is 5. The Hall–Kier alpha value is -4.25. The van der Waals surface area contributed by atoms with E-state index in [4.69, 9.17) is 16.6 Å². The van der Waals surface area contributed by atoms with Gasteiger partial charge in [-0.05, 0) is 97.0 Å². The Kier molecular flexibility index (Phi) is 9.51. The zero-order valence-corrected chi connectivity index (χ0v) is 32.7. The standard InChI is InChI=1S/C36H31ClF4IN7O4S/c1-35(2,51)10-9-20-5-6-21(22-7-8-25(37)29-31(22)48(3)46-34(29)47-54(4,52)53)30(43-20)26(13-17-11-18(38)14-19(39)12-17)44-27(50)16-49-32-28(33(42)45-49)23-15-24(23)36(32,40)41/h5-8,11-12,14,23-24,26,51H,13,15-16H2,1-4H3,(H,44,50)(H,46,47)/t23-,24+,26-/m0/s1. The van der Waals surface area contributed by atoms with Gasteiger partial charge in [0.2, 0.25) is 15.9 Å². The van der Waals surface area contributed by atoms with E-state index >= 15 is 8.78 Å². The number of benzene rings is 2. The van der Waals surface area contributed by atoms with Gasteiger partial charge in [0, 0.05) is 35.7 Å². The van der Waals surface area contributed by atoms with E-state index in [9.17, 15) is 27.1 Å². The summed E-state index contributed by atoms with van der Waals surface area (Å²) in [5, 5.41) is 22.2. The average Bonchev–Trinajstić information content (AvgIpc) is 3.62. The van der Waals surface area contributed by atoms with Crippen LogP contribution >= 0.6 is 34.2 Å². The Morgan fingerprint density at radius 3 is 2.50 bits per heavy atom. The molecule has 1 amide bonds. The van der Waals surface area contributed by atoms with Crippen molar-refractivity contribution in [3.8, 4) is 23.0 Å². The molecule has 5 aromatic rings. The van der Waals surface area contributed by atoms with Gasteiger partial charge in [0.15, 0.2) is 5.82 Å². The Labute approximate surface area is 325 Å². The minimum atomic E-state index is -3.78. The number of nitrogens with one attached hydrogen (secondary N) is 2. The Morgan fingerprint density at radius 1 is 1.15 bits per heavy atom. The number of hydrogen-bond acceptors (Lipinski definition) is 7. The first-order valence-corrected chi connectivity index (χ1v) is 19.8. The van der Waals surface area contributed by atoms with Crippen LogP contribution in [0.3, 0.4) is 0 Å². The Balaban J connectivity index is 1.38. The molecule has 3 atom stereocenters. The van der Waals surface area contributed by atoms with Crippen molar-refractivity contribution in [2.24, 2.45) is 13.0 Å². The molecule has 2 aliphatic carbocycles. The van der Waals surface area contributed by atoms with Gasteiger partial charge < -0.3 is 10.4 Å². The van der Waals surface area contributed by atoms with Crippen LogP contribution < -0.4 is 10.0 Å². The molecule has 0 saturated heterocycles. The highest BCUT2D eigenvalue weighted by Crippen LogP contribution is 2.67. The molecule has 1 fully saturated rings. The first-order chi connectivity index (χ1) is 25.2. The largest absolute Gasteiger partial charge is 0.378 e. The van der Waals surface area contributed by atoms with E-state index in [-0.39, 0.29) is 51.2 Å². The van der Waals surface area contributed by atoms with Crippen LogP contribution in [0.25, 0.3) is 22.0 Å². The van der Waals surface area contributed by atoms with Gasteiger partial charge in [0.25, 0.3) is 5.92 Å². The number of alkyl halides is 2. The van der Waals surface area contributed by atoms with Gasteiger partial charge >= 0.3 is 0 Å². The van der Waals surface area contributed by atoms with E-state index in [0.29, 0.717) is 38.4 Å². The Bertz CT molecular complexity index is 2540. The number of pyridine rings is 1. The maximum atomic E-state index is 15.3. The number of anilines is 1. The van der Waals surface area contributed by atoms with Crippen molar-refractivity contribution in [2.75, 3.05) is 11.0 Å². The van der Waals surface area contributed by atoms with E-state index < -0.39 is 57.6 Å². The van der Waals surface area contributed by atoms with Crippen LogP contribution in [0.15, 0.2) is 42.5 Å². The molecule has 7 rings (SSSR count). The van der Waals surface area contributed by atoms with Crippen molar-refractivity contribution < 1.29 is 35.9 Å². The molecule has 2 aromatic carbocycles. The lowest BCUT2D eigenvalue weighted by molar-refractivity contribution is -0.122. The number of halogens is 6. The number of carbonyl (C=O) groups is 1. The molecular formula is C36H31ClF4IN7O4S. The van der Waals surface area contributed by atoms with Crippen LogP contribution in [0.5, 0.6) is 0 Å². The molecule has 1 saturated carbocycles. The fourth-order valence-corrected chi connectivity index (χ4v) is 8.64. The van der Waals surface area contributed by atoms with Crippen molar-refractivity contribution in [2.45, 2.75) is 56.7 Å². The van der Waals surface area contributed by atoms with Crippen LogP contribution in [0.4, 0.5) is 23.4 Å². The second-order valence-electron chi connectivity index (χ2n) is 14.0. The quantitative estimate of drug-likeness (QED) is 0.0913. The fraction of sp³-hybridized carbons (Fsp3) is 0.333. The molecule has 11 nitrogen and oxygen atoms in total. The summed E-state index contributed by atoms with van der Waals surface area (Å²) in [5.74, 6) is -1.32. The molecule has 3 N–H and O–H groups in total. The third kappa shape index (κ3) is 7.40. The van der Waals surface area contributed by atoms with Crippen molar-refractivity contribution in [3.63, 3.8) is 0 Å². The predicted octanol–water partition coefficient (Wildman–Crippen LogP) is 6.17. The molecule has 3 aromatic heterocycles. The van der Waals surface area contributed by atoms with Gasteiger partial charge in [0.05, 0.1) is 33.9 Å². The normalized spacial score (nSPS) is 17.8. The first-order valence-electron chi connectivity index (χ1n) is 16.5. The molecule has 0 aliphatic heterocycles. The van der Waals surface area contributed by atoms with Gasteiger partial charge in [0.1, 0.15) is 38.9 Å². The minimum Gasteiger partial charge on any atom is -0.378 e. The summed E-state index contributed by atoms with van der Waals surface area (Å²) < 4.78 is 89.4. The third-order valence-electron chi connectivity index (χ3n) is 9.14. The highest BCUT2D eigenvalue weighted by molar-refractivity contribution is 14.1. The summed E-state index contributed by atoms with van der Waals surface area (Å²) in [7, 11) is -2.21. The summed E-state index contributed by atoms with van der Waals surface area (Å²) in [6, 6.07) is 8.10. The maximum absolute atomic E-state index is 15.3.